The molecule has 0 radical (unpaired) electrons. The second-order valence-corrected chi connectivity index (χ2v) is 13.7. The molecule has 0 spiro atoms. The van der Waals surface area contributed by atoms with E-state index in [2.05, 4.69) is 27.7 Å². The molecule has 2 aliphatic carbocycles. The monoisotopic (exact) mass is 595 g/mol. The third kappa shape index (κ3) is 5.96. The standard InChI is InChI=1S/C33H35Cl2NO5/c1-32(2)14-23-30(25(37)16-32)29(31-24(36(23)12-11-28(39)40)15-33(3,4)17-26(31)38)21-7-5-6-8-27(21)41-18-19-9-10-20(34)13-22(19)35/h5-10,13,29H,11-12,14-18H2,1-4H3,(H,39,40). The normalized spacial score (nSPS) is 20.2. The van der Waals surface area contributed by atoms with E-state index in [0.717, 1.165) is 22.5 Å². The minimum atomic E-state index is -0.918. The minimum absolute atomic E-state index is 0.0127. The van der Waals surface area contributed by atoms with Gasteiger partial charge in [0.15, 0.2) is 11.6 Å². The first-order valence-corrected chi connectivity index (χ1v) is 14.7. The van der Waals surface area contributed by atoms with Crippen LogP contribution in [0.25, 0.3) is 0 Å². The Morgan fingerprint density at radius 1 is 0.927 bits per heavy atom. The second kappa shape index (κ2) is 11.0. The molecule has 2 aromatic rings. The van der Waals surface area contributed by atoms with E-state index >= 15 is 0 Å². The van der Waals surface area contributed by atoms with Gasteiger partial charge in [0.2, 0.25) is 0 Å². The van der Waals surface area contributed by atoms with Crippen molar-refractivity contribution in [1.29, 1.82) is 0 Å². The lowest BCUT2D eigenvalue weighted by molar-refractivity contribution is -0.137. The van der Waals surface area contributed by atoms with Crippen LogP contribution >= 0.6 is 23.2 Å². The van der Waals surface area contributed by atoms with Gasteiger partial charge in [0, 0.05) is 69.0 Å². The van der Waals surface area contributed by atoms with Gasteiger partial charge >= 0.3 is 5.97 Å². The molecule has 5 rings (SSSR count). The molecule has 1 aliphatic heterocycles. The number of aliphatic carboxylic acids is 1. The van der Waals surface area contributed by atoms with Gasteiger partial charge in [-0.3, -0.25) is 14.4 Å². The molecule has 3 aliphatic rings. The number of rotatable bonds is 7. The summed E-state index contributed by atoms with van der Waals surface area (Å²) in [5.74, 6) is -0.969. The minimum Gasteiger partial charge on any atom is -0.489 e. The molecular formula is C33H35Cl2NO5. The molecule has 0 aromatic heterocycles. The van der Waals surface area contributed by atoms with Crippen LogP contribution in [0.3, 0.4) is 0 Å². The summed E-state index contributed by atoms with van der Waals surface area (Å²) in [6.45, 7) is 8.64. The Morgan fingerprint density at radius 2 is 1.51 bits per heavy atom. The molecule has 0 saturated heterocycles. The lowest BCUT2D eigenvalue weighted by atomic mass is 9.63. The van der Waals surface area contributed by atoms with E-state index in [4.69, 9.17) is 27.9 Å². The number of halogens is 2. The summed E-state index contributed by atoms with van der Waals surface area (Å²) in [7, 11) is 0. The van der Waals surface area contributed by atoms with Gasteiger partial charge in [-0.15, -0.1) is 0 Å². The number of allylic oxidation sites excluding steroid dienone is 4. The fourth-order valence-corrected chi connectivity index (χ4v) is 6.94. The van der Waals surface area contributed by atoms with Crippen LogP contribution in [0, 0.1) is 10.8 Å². The fraction of sp³-hybridized carbons (Fsp3) is 0.424. The topological polar surface area (TPSA) is 83.9 Å². The van der Waals surface area contributed by atoms with Crippen molar-refractivity contribution in [2.24, 2.45) is 10.8 Å². The number of carboxylic acids is 1. The molecule has 1 heterocycles. The summed E-state index contributed by atoms with van der Waals surface area (Å²) in [6, 6.07) is 12.8. The smallest absolute Gasteiger partial charge is 0.305 e. The zero-order valence-electron chi connectivity index (χ0n) is 23.9. The third-order valence-corrected chi connectivity index (χ3v) is 8.79. The Labute approximate surface area is 251 Å². The number of carbonyl (C=O) groups excluding carboxylic acids is 2. The van der Waals surface area contributed by atoms with Crippen molar-refractivity contribution < 1.29 is 24.2 Å². The summed E-state index contributed by atoms with van der Waals surface area (Å²) in [5, 5.41) is 10.6. The van der Waals surface area contributed by atoms with Crippen LogP contribution in [-0.2, 0) is 21.0 Å². The Hall–Kier alpha value is -3.09. The van der Waals surface area contributed by atoms with Gasteiger partial charge < -0.3 is 14.7 Å². The van der Waals surface area contributed by atoms with Crippen LogP contribution in [0.2, 0.25) is 10.0 Å². The van der Waals surface area contributed by atoms with Crippen molar-refractivity contribution in [3.05, 3.63) is 86.2 Å². The average Bonchev–Trinajstić information content (AvgIpc) is 2.85. The van der Waals surface area contributed by atoms with Crippen molar-refractivity contribution in [2.45, 2.75) is 72.3 Å². The van der Waals surface area contributed by atoms with Crippen molar-refractivity contribution in [3.63, 3.8) is 0 Å². The number of Topliss-reactive ketones (excluding diaryl/α,β-unsaturated/α-hetero) is 2. The Kier molecular flexibility index (Phi) is 7.86. The van der Waals surface area contributed by atoms with Crippen LogP contribution in [-0.4, -0.2) is 34.1 Å². The molecule has 8 heteroatoms. The fourth-order valence-electron chi connectivity index (χ4n) is 6.48. The molecule has 0 amide bonds. The number of ketones is 2. The van der Waals surface area contributed by atoms with Crippen molar-refractivity contribution in [1.82, 2.24) is 4.90 Å². The largest absolute Gasteiger partial charge is 0.489 e. The summed E-state index contributed by atoms with van der Waals surface area (Å²) >= 11 is 12.5. The van der Waals surface area contributed by atoms with Crippen LogP contribution in [0.1, 0.15) is 76.8 Å². The Morgan fingerprint density at radius 3 is 2.07 bits per heavy atom. The molecule has 6 nitrogen and oxygen atoms in total. The van der Waals surface area contributed by atoms with Crippen LogP contribution in [0.5, 0.6) is 5.75 Å². The maximum atomic E-state index is 14.0. The third-order valence-electron chi connectivity index (χ3n) is 8.20. The first-order valence-electron chi connectivity index (χ1n) is 13.9. The van der Waals surface area contributed by atoms with E-state index < -0.39 is 11.9 Å². The summed E-state index contributed by atoms with van der Waals surface area (Å²) in [4.78, 5) is 41.6. The summed E-state index contributed by atoms with van der Waals surface area (Å²) in [6.07, 6.45) is 1.82. The van der Waals surface area contributed by atoms with Crippen LogP contribution in [0.4, 0.5) is 0 Å². The highest BCUT2D eigenvalue weighted by atomic mass is 35.5. The predicted molar refractivity (Wildman–Crippen MR) is 159 cm³/mol. The molecule has 0 unspecified atom stereocenters. The van der Waals surface area contributed by atoms with E-state index in [1.54, 1.807) is 12.1 Å². The van der Waals surface area contributed by atoms with Crippen molar-refractivity contribution in [3.8, 4) is 5.75 Å². The van der Waals surface area contributed by atoms with Gasteiger partial charge in [-0.05, 0) is 41.9 Å². The Bertz CT molecular complexity index is 1450. The summed E-state index contributed by atoms with van der Waals surface area (Å²) < 4.78 is 6.33. The summed E-state index contributed by atoms with van der Waals surface area (Å²) in [5.41, 5.74) is 3.75. The molecule has 0 atom stereocenters. The van der Waals surface area contributed by atoms with Crippen LogP contribution in [0.15, 0.2) is 65.0 Å². The predicted octanol–water partition coefficient (Wildman–Crippen LogP) is 7.73. The van der Waals surface area contributed by atoms with Gasteiger partial charge in [-0.25, -0.2) is 0 Å². The quantitative estimate of drug-likeness (QED) is 0.352. The number of benzene rings is 2. The number of carboxylic acid groups (broad SMARTS) is 1. The zero-order chi connectivity index (χ0) is 29.7. The first kappa shape index (κ1) is 29.4. The average molecular weight is 597 g/mol. The van der Waals surface area contributed by atoms with Gasteiger partial charge in [0.05, 0.1) is 6.42 Å². The van der Waals surface area contributed by atoms with Gasteiger partial charge in [0.1, 0.15) is 12.4 Å². The molecule has 41 heavy (non-hydrogen) atoms. The number of carbonyl (C=O) groups is 3. The zero-order valence-corrected chi connectivity index (χ0v) is 25.4. The number of hydrogen-bond donors (Lipinski definition) is 1. The van der Waals surface area contributed by atoms with E-state index in [1.165, 1.54) is 0 Å². The van der Waals surface area contributed by atoms with E-state index in [1.807, 2.05) is 35.2 Å². The molecule has 1 N–H and O–H groups in total. The highest BCUT2D eigenvalue weighted by Gasteiger charge is 2.49. The number of para-hydroxylation sites is 1. The lowest BCUT2D eigenvalue weighted by Crippen LogP contribution is -2.45. The van der Waals surface area contributed by atoms with E-state index in [0.29, 0.717) is 52.6 Å². The highest BCUT2D eigenvalue weighted by molar-refractivity contribution is 6.35. The van der Waals surface area contributed by atoms with Crippen molar-refractivity contribution in [2.75, 3.05) is 6.54 Å². The molecule has 0 bridgehead atoms. The molecule has 0 fully saturated rings. The van der Waals surface area contributed by atoms with Gasteiger partial charge in [0.25, 0.3) is 0 Å². The van der Waals surface area contributed by atoms with Crippen molar-refractivity contribution >= 4 is 40.7 Å². The van der Waals surface area contributed by atoms with Gasteiger partial charge in [-0.2, -0.15) is 0 Å². The molecule has 216 valence electrons. The maximum Gasteiger partial charge on any atom is 0.305 e. The van der Waals surface area contributed by atoms with Crippen LogP contribution < -0.4 is 4.74 Å². The lowest BCUT2D eigenvalue weighted by Gasteiger charge is -2.49. The van der Waals surface area contributed by atoms with E-state index in [-0.39, 0.29) is 42.0 Å². The maximum absolute atomic E-state index is 14.0. The van der Waals surface area contributed by atoms with E-state index in [9.17, 15) is 19.5 Å². The number of hydrogen-bond acceptors (Lipinski definition) is 5. The first-order chi connectivity index (χ1) is 19.3. The number of nitrogens with zero attached hydrogens (tertiary/aromatic N) is 1. The Balaban J connectivity index is 1.67. The highest BCUT2D eigenvalue weighted by Crippen LogP contribution is 2.55. The molecular weight excluding hydrogens is 561 g/mol. The molecule has 2 aromatic carbocycles. The SMILES string of the molecule is CC1(C)CC(=O)C2=C(C1)N(CCC(=O)O)C1=C(C(=O)CC(C)(C)C1)C2c1ccccc1OCc1ccc(Cl)cc1Cl. The molecule has 0 saturated carbocycles. The number of ether oxygens (including phenoxy) is 1. The second-order valence-electron chi connectivity index (χ2n) is 12.9. The van der Waals surface area contributed by atoms with Gasteiger partial charge in [-0.1, -0.05) is 75.2 Å².